The molecule has 6 heteroatoms. The van der Waals surface area contributed by atoms with Crippen molar-refractivity contribution in [3.63, 3.8) is 0 Å². The fourth-order valence-corrected chi connectivity index (χ4v) is 3.80. The molecule has 1 aliphatic heterocycles. The topological polar surface area (TPSA) is 58.6 Å². The molecule has 1 saturated heterocycles. The Morgan fingerprint density at radius 1 is 1.19 bits per heavy atom. The molecule has 0 radical (unpaired) electrons. The van der Waals surface area contributed by atoms with E-state index in [0.29, 0.717) is 18.7 Å². The van der Waals surface area contributed by atoms with Gasteiger partial charge in [-0.05, 0) is 37.5 Å². The maximum Gasteiger partial charge on any atom is 0.249 e. The number of benzene rings is 2. The van der Waals surface area contributed by atoms with Gasteiger partial charge in [-0.2, -0.15) is 0 Å². The molecule has 5 nitrogen and oxygen atoms in total. The summed E-state index contributed by atoms with van der Waals surface area (Å²) < 4.78 is 19.4. The van der Waals surface area contributed by atoms with Gasteiger partial charge in [0.05, 0.1) is 18.2 Å². The van der Waals surface area contributed by atoms with Crippen LogP contribution in [-0.4, -0.2) is 31.5 Å². The van der Waals surface area contributed by atoms with Crippen molar-refractivity contribution in [2.45, 2.75) is 30.7 Å². The molecule has 1 unspecified atom stereocenters. The third kappa shape index (κ3) is 2.95. The molecule has 1 heterocycles. The Morgan fingerprint density at radius 3 is 2.59 bits per heavy atom. The summed E-state index contributed by atoms with van der Waals surface area (Å²) >= 11 is 0. The quantitative estimate of drug-likeness (QED) is 0.883. The molecule has 4 rings (SSSR count). The van der Waals surface area contributed by atoms with Crippen molar-refractivity contribution in [2.75, 3.05) is 18.6 Å². The lowest BCUT2D eigenvalue weighted by molar-refractivity contribution is -0.128. The first-order chi connectivity index (χ1) is 13.1. The molecule has 1 aliphatic carbocycles. The largest absolute Gasteiger partial charge is 0.496 e. The summed E-state index contributed by atoms with van der Waals surface area (Å²) in [4.78, 5) is 27.1. The molecule has 27 heavy (non-hydrogen) atoms. The van der Waals surface area contributed by atoms with E-state index in [2.05, 4.69) is 5.32 Å². The maximum atomic E-state index is 14.0. The summed E-state index contributed by atoms with van der Waals surface area (Å²) in [5.41, 5.74) is 0.463. The number of ether oxygens (including phenoxy) is 1. The SMILES string of the molecule is COc1ccccc1C1(C(=O)NC2CCN(c3ccccc3F)C2=O)CC1. The molecular weight excluding hydrogens is 347 g/mol. The van der Waals surface area contributed by atoms with E-state index in [-0.39, 0.29) is 17.5 Å². The van der Waals surface area contributed by atoms with Crippen LogP contribution in [0.5, 0.6) is 5.75 Å². The number of rotatable bonds is 5. The predicted octanol–water partition coefficient (Wildman–Crippen LogP) is 2.79. The van der Waals surface area contributed by atoms with E-state index in [4.69, 9.17) is 4.74 Å². The molecule has 0 aromatic heterocycles. The molecule has 2 aliphatic rings. The molecule has 0 spiro atoms. The van der Waals surface area contributed by atoms with E-state index in [1.807, 2.05) is 24.3 Å². The number of methoxy groups -OCH3 is 1. The van der Waals surface area contributed by atoms with Crippen LogP contribution in [0.1, 0.15) is 24.8 Å². The fraction of sp³-hybridized carbons (Fsp3) is 0.333. The summed E-state index contributed by atoms with van der Waals surface area (Å²) in [6.07, 6.45) is 1.90. The van der Waals surface area contributed by atoms with Crippen molar-refractivity contribution in [1.82, 2.24) is 5.32 Å². The minimum atomic E-state index is -0.641. The van der Waals surface area contributed by atoms with E-state index in [1.165, 1.54) is 11.0 Å². The highest BCUT2D eigenvalue weighted by molar-refractivity contribution is 6.03. The Bertz CT molecular complexity index is 895. The third-order valence-corrected chi connectivity index (χ3v) is 5.46. The van der Waals surface area contributed by atoms with E-state index in [0.717, 1.165) is 18.4 Å². The summed E-state index contributed by atoms with van der Waals surface area (Å²) in [5.74, 6) is -0.202. The zero-order valence-corrected chi connectivity index (χ0v) is 15.1. The average Bonchev–Trinajstić information content (AvgIpc) is 3.43. The number of anilines is 1. The molecule has 1 saturated carbocycles. The third-order valence-electron chi connectivity index (χ3n) is 5.46. The van der Waals surface area contributed by atoms with Gasteiger partial charge in [0, 0.05) is 12.1 Å². The van der Waals surface area contributed by atoms with E-state index in [9.17, 15) is 14.0 Å². The average molecular weight is 368 g/mol. The van der Waals surface area contributed by atoms with Crippen LogP contribution >= 0.6 is 0 Å². The summed E-state index contributed by atoms with van der Waals surface area (Å²) in [7, 11) is 1.58. The second-order valence-corrected chi connectivity index (χ2v) is 7.04. The maximum absolute atomic E-state index is 14.0. The van der Waals surface area contributed by atoms with Gasteiger partial charge in [-0.15, -0.1) is 0 Å². The fourth-order valence-electron chi connectivity index (χ4n) is 3.80. The second kappa shape index (κ2) is 6.68. The Hall–Kier alpha value is -2.89. The van der Waals surface area contributed by atoms with Crippen LogP contribution in [0.15, 0.2) is 48.5 Å². The smallest absolute Gasteiger partial charge is 0.249 e. The number of nitrogens with one attached hydrogen (secondary N) is 1. The van der Waals surface area contributed by atoms with Crippen LogP contribution < -0.4 is 15.0 Å². The summed E-state index contributed by atoms with van der Waals surface area (Å²) in [6.45, 7) is 0.381. The van der Waals surface area contributed by atoms with Gasteiger partial charge < -0.3 is 15.0 Å². The predicted molar refractivity (Wildman–Crippen MR) is 99.2 cm³/mol. The number of para-hydroxylation sites is 2. The number of amides is 2. The molecule has 2 fully saturated rings. The zero-order chi connectivity index (χ0) is 19.0. The van der Waals surface area contributed by atoms with E-state index in [1.54, 1.807) is 25.3 Å². The lowest BCUT2D eigenvalue weighted by Crippen LogP contribution is -2.46. The first-order valence-corrected chi connectivity index (χ1v) is 9.07. The van der Waals surface area contributed by atoms with E-state index >= 15 is 0 Å². The van der Waals surface area contributed by atoms with Crippen LogP contribution in [0.25, 0.3) is 0 Å². The van der Waals surface area contributed by atoms with Crippen molar-refractivity contribution >= 4 is 17.5 Å². The molecule has 140 valence electrons. The van der Waals surface area contributed by atoms with Gasteiger partial charge in [0.15, 0.2) is 0 Å². The molecule has 2 amide bonds. The first kappa shape index (κ1) is 17.5. The molecule has 1 atom stereocenters. The van der Waals surface area contributed by atoms with Gasteiger partial charge in [0.25, 0.3) is 0 Å². The van der Waals surface area contributed by atoms with Crippen molar-refractivity contribution in [2.24, 2.45) is 0 Å². The summed E-state index contributed by atoms with van der Waals surface area (Å²) in [5, 5.41) is 2.89. The van der Waals surface area contributed by atoms with Crippen molar-refractivity contribution < 1.29 is 18.7 Å². The van der Waals surface area contributed by atoms with Crippen LogP contribution in [0, 0.1) is 5.82 Å². The number of nitrogens with zero attached hydrogens (tertiary/aromatic N) is 1. The highest BCUT2D eigenvalue weighted by atomic mass is 19.1. The molecule has 1 N–H and O–H groups in total. The highest BCUT2D eigenvalue weighted by Gasteiger charge is 2.54. The Balaban J connectivity index is 1.51. The van der Waals surface area contributed by atoms with Gasteiger partial charge in [0.1, 0.15) is 17.6 Å². The van der Waals surface area contributed by atoms with Crippen molar-refractivity contribution in [3.8, 4) is 5.75 Å². The monoisotopic (exact) mass is 368 g/mol. The van der Waals surface area contributed by atoms with Gasteiger partial charge >= 0.3 is 0 Å². The summed E-state index contributed by atoms with van der Waals surface area (Å²) in [6, 6.07) is 13.0. The normalized spacial score (nSPS) is 20.4. The molecule has 2 aromatic carbocycles. The minimum Gasteiger partial charge on any atom is -0.496 e. The Labute approximate surface area is 157 Å². The standard InChI is InChI=1S/C21H21FN2O3/c1-27-18-9-5-2-6-14(18)21(11-12-21)20(26)23-16-10-13-24(19(16)25)17-8-4-3-7-15(17)22/h2-9,16H,10-13H2,1H3,(H,23,26). The number of carbonyl (C=O) groups is 2. The second-order valence-electron chi connectivity index (χ2n) is 7.04. The molecule has 2 aromatic rings. The Morgan fingerprint density at radius 2 is 1.89 bits per heavy atom. The molecule has 0 bridgehead atoms. The van der Waals surface area contributed by atoms with Gasteiger partial charge in [0.2, 0.25) is 11.8 Å². The lowest BCUT2D eigenvalue weighted by atomic mass is 9.93. The van der Waals surface area contributed by atoms with Crippen LogP contribution in [0.3, 0.4) is 0 Å². The van der Waals surface area contributed by atoms with Gasteiger partial charge in [-0.25, -0.2) is 4.39 Å². The number of halogens is 1. The Kier molecular flexibility index (Phi) is 4.34. The zero-order valence-electron chi connectivity index (χ0n) is 15.1. The van der Waals surface area contributed by atoms with Crippen LogP contribution in [-0.2, 0) is 15.0 Å². The number of carbonyl (C=O) groups excluding carboxylic acids is 2. The number of hydrogen-bond donors (Lipinski definition) is 1. The van der Waals surface area contributed by atoms with Gasteiger partial charge in [-0.1, -0.05) is 30.3 Å². The first-order valence-electron chi connectivity index (χ1n) is 9.07. The molecular formula is C21H21FN2O3. The minimum absolute atomic E-state index is 0.166. The number of hydrogen-bond acceptors (Lipinski definition) is 3. The lowest BCUT2D eigenvalue weighted by Gasteiger charge is -2.21. The van der Waals surface area contributed by atoms with Crippen LogP contribution in [0.2, 0.25) is 0 Å². The van der Waals surface area contributed by atoms with Gasteiger partial charge in [-0.3, -0.25) is 9.59 Å². The highest BCUT2D eigenvalue weighted by Crippen LogP contribution is 2.51. The van der Waals surface area contributed by atoms with E-state index < -0.39 is 17.3 Å². The van der Waals surface area contributed by atoms with Crippen molar-refractivity contribution in [3.05, 3.63) is 59.9 Å². The van der Waals surface area contributed by atoms with Crippen LogP contribution in [0.4, 0.5) is 10.1 Å². The van der Waals surface area contributed by atoms with Crippen molar-refractivity contribution in [1.29, 1.82) is 0 Å².